The summed E-state index contributed by atoms with van der Waals surface area (Å²) in [5.41, 5.74) is 6.65. The molecule has 2 N–H and O–H groups in total. The fourth-order valence-electron chi connectivity index (χ4n) is 4.64. The van der Waals surface area contributed by atoms with Crippen LogP contribution in [0.5, 0.6) is 0 Å². The van der Waals surface area contributed by atoms with Gasteiger partial charge in [-0.15, -0.1) is 0 Å². The summed E-state index contributed by atoms with van der Waals surface area (Å²) in [6.45, 7) is 10.6. The van der Waals surface area contributed by atoms with E-state index in [0.29, 0.717) is 5.54 Å². The molecule has 2 unspecified atom stereocenters. The summed E-state index contributed by atoms with van der Waals surface area (Å²) in [6.07, 6.45) is 12.1. The normalized spacial score (nSPS) is 33.0. The molecule has 2 atom stereocenters. The van der Waals surface area contributed by atoms with E-state index < -0.39 is 0 Å². The molecule has 0 amide bonds. The Morgan fingerprint density at radius 2 is 1.86 bits per heavy atom. The van der Waals surface area contributed by atoms with Crippen LogP contribution in [0.3, 0.4) is 0 Å². The molecular formula is C18H37N3. The van der Waals surface area contributed by atoms with Crippen LogP contribution in [-0.4, -0.2) is 54.1 Å². The van der Waals surface area contributed by atoms with E-state index in [-0.39, 0.29) is 0 Å². The zero-order valence-electron chi connectivity index (χ0n) is 14.4. The summed E-state index contributed by atoms with van der Waals surface area (Å²) in [6, 6.07) is 0.796. The molecule has 0 radical (unpaired) electrons. The van der Waals surface area contributed by atoms with Crippen LogP contribution in [0.1, 0.15) is 71.6 Å². The Morgan fingerprint density at radius 3 is 2.57 bits per heavy atom. The molecule has 2 saturated heterocycles. The zero-order chi connectivity index (χ0) is 15.1. The Labute approximate surface area is 132 Å². The summed E-state index contributed by atoms with van der Waals surface area (Å²) < 4.78 is 0. The molecule has 0 spiro atoms. The van der Waals surface area contributed by atoms with Crippen LogP contribution in [-0.2, 0) is 0 Å². The maximum atomic E-state index is 6.36. The first-order chi connectivity index (χ1) is 10.3. The molecule has 3 nitrogen and oxygen atoms in total. The number of piperidine rings is 1. The van der Waals surface area contributed by atoms with Gasteiger partial charge in [0, 0.05) is 18.1 Å². The Bertz CT molecular complexity index is 292. The lowest BCUT2D eigenvalue weighted by atomic mass is 9.83. The summed E-state index contributed by atoms with van der Waals surface area (Å²) in [7, 11) is 0. The van der Waals surface area contributed by atoms with Crippen LogP contribution in [0.15, 0.2) is 0 Å². The molecule has 0 aliphatic carbocycles. The summed E-state index contributed by atoms with van der Waals surface area (Å²) in [4.78, 5) is 5.52. The second-order valence-electron chi connectivity index (χ2n) is 7.26. The highest BCUT2D eigenvalue weighted by molar-refractivity contribution is 4.98. The minimum absolute atomic E-state index is 0.294. The van der Waals surface area contributed by atoms with Gasteiger partial charge in [-0.2, -0.15) is 0 Å². The van der Waals surface area contributed by atoms with E-state index in [0.717, 1.165) is 12.6 Å². The highest BCUT2D eigenvalue weighted by Crippen LogP contribution is 2.35. The number of nitrogens with two attached hydrogens (primary N) is 1. The van der Waals surface area contributed by atoms with Gasteiger partial charge in [0.2, 0.25) is 0 Å². The van der Waals surface area contributed by atoms with Crippen molar-refractivity contribution in [3.05, 3.63) is 0 Å². The average Bonchev–Trinajstić information content (AvgIpc) is 2.72. The van der Waals surface area contributed by atoms with E-state index in [4.69, 9.17) is 5.73 Å². The third-order valence-corrected chi connectivity index (χ3v) is 5.79. The van der Waals surface area contributed by atoms with Gasteiger partial charge in [-0.1, -0.05) is 26.7 Å². The Morgan fingerprint density at radius 1 is 1.00 bits per heavy atom. The molecule has 3 heteroatoms. The van der Waals surface area contributed by atoms with Gasteiger partial charge in [0.1, 0.15) is 0 Å². The monoisotopic (exact) mass is 295 g/mol. The summed E-state index contributed by atoms with van der Waals surface area (Å²) >= 11 is 0. The Hall–Kier alpha value is -0.120. The Kier molecular flexibility index (Phi) is 6.97. The average molecular weight is 296 g/mol. The molecule has 21 heavy (non-hydrogen) atoms. The van der Waals surface area contributed by atoms with Crippen molar-refractivity contribution < 1.29 is 0 Å². The van der Waals surface area contributed by atoms with Crippen LogP contribution >= 0.6 is 0 Å². The van der Waals surface area contributed by atoms with Crippen LogP contribution in [0.2, 0.25) is 0 Å². The van der Waals surface area contributed by atoms with E-state index in [1.807, 2.05) is 0 Å². The predicted octanol–water partition coefficient (Wildman–Crippen LogP) is 3.23. The first kappa shape index (κ1) is 17.2. The fraction of sp³-hybridized carbons (Fsp3) is 1.00. The highest BCUT2D eigenvalue weighted by atomic mass is 15.3. The third kappa shape index (κ3) is 4.20. The van der Waals surface area contributed by atoms with Gasteiger partial charge >= 0.3 is 0 Å². The number of hydrogen-bond donors (Lipinski definition) is 1. The van der Waals surface area contributed by atoms with E-state index in [2.05, 4.69) is 23.6 Å². The number of nitrogens with zero attached hydrogens (tertiary/aromatic N) is 2. The van der Waals surface area contributed by atoms with Crippen LogP contribution in [0.25, 0.3) is 0 Å². The molecule has 124 valence electrons. The van der Waals surface area contributed by atoms with Crippen molar-refractivity contribution in [1.29, 1.82) is 0 Å². The quantitative estimate of drug-likeness (QED) is 0.816. The van der Waals surface area contributed by atoms with Gasteiger partial charge in [-0.05, 0) is 71.1 Å². The van der Waals surface area contributed by atoms with E-state index in [1.165, 1.54) is 84.0 Å². The smallest absolute Gasteiger partial charge is 0.0347 e. The zero-order valence-corrected chi connectivity index (χ0v) is 14.4. The number of likely N-dealkylation sites (tertiary alicyclic amines) is 2. The number of rotatable bonds is 6. The van der Waals surface area contributed by atoms with Crippen molar-refractivity contribution in [2.75, 3.05) is 32.7 Å². The maximum Gasteiger partial charge on any atom is 0.0347 e. The molecule has 0 aromatic carbocycles. The standard InChI is InChI=1S/C18H37N3/c1-3-8-17-9-5-6-14-21(17)18(16-19)10-7-13-20(12-4-2)15-11-18/h17H,3-16,19H2,1-2H3. The maximum absolute atomic E-state index is 6.36. The van der Waals surface area contributed by atoms with Gasteiger partial charge < -0.3 is 10.6 Å². The first-order valence-electron chi connectivity index (χ1n) is 9.45. The molecule has 0 saturated carbocycles. The van der Waals surface area contributed by atoms with Gasteiger partial charge in [0.05, 0.1) is 0 Å². The molecule has 0 bridgehead atoms. The first-order valence-corrected chi connectivity index (χ1v) is 9.45. The summed E-state index contributed by atoms with van der Waals surface area (Å²) in [5.74, 6) is 0. The molecule has 2 fully saturated rings. The van der Waals surface area contributed by atoms with E-state index in [9.17, 15) is 0 Å². The molecule has 2 rings (SSSR count). The van der Waals surface area contributed by atoms with Crippen molar-refractivity contribution in [3.63, 3.8) is 0 Å². The molecule has 2 aliphatic heterocycles. The largest absolute Gasteiger partial charge is 0.329 e. The molecule has 2 aliphatic rings. The molecular weight excluding hydrogens is 258 g/mol. The Balaban J connectivity index is 2.07. The van der Waals surface area contributed by atoms with Gasteiger partial charge in [0.25, 0.3) is 0 Å². The third-order valence-electron chi connectivity index (χ3n) is 5.79. The van der Waals surface area contributed by atoms with E-state index >= 15 is 0 Å². The topological polar surface area (TPSA) is 32.5 Å². The van der Waals surface area contributed by atoms with Crippen LogP contribution in [0, 0.1) is 0 Å². The van der Waals surface area contributed by atoms with Crippen molar-refractivity contribution in [2.45, 2.75) is 83.2 Å². The number of hydrogen-bond acceptors (Lipinski definition) is 3. The van der Waals surface area contributed by atoms with Crippen molar-refractivity contribution in [1.82, 2.24) is 9.80 Å². The lowest BCUT2D eigenvalue weighted by molar-refractivity contribution is 0.00781. The SMILES string of the molecule is CCCC1CCCCN1C1(CN)CCCN(CCC)CC1. The van der Waals surface area contributed by atoms with Crippen LogP contribution < -0.4 is 5.73 Å². The predicted molar refractivity (Wildman–Crippen MR) is 91.6 cm³/mol. The summed E-state index contributed by atoms with van der Waals surface area (Å²) in [5, 5.41) is 0. The van der Waals surface area contributed by atoms with Crippen molar-refractivity contribution >= 4 is 0 Å². The van der Waals surface area contributed by atoms with Crippen LogP contribution in [0.4, 0.5) is 0 Å². The molecule has 2 heterocycles. The van der Waals surface area contributed by atoms with Gasteiger partial charge in [-0.3, -0.25) is 4.90 Å². The van der Waals surface area contributed by atoms with E-state index in [1.54, 1.807) is 0 Å². The highest BCUT2D eigenvalue weighted by Gasteiger charge is 2.40. The van der Waals surface area contributed by atoms with Gasteiger partial charge in [0.15, 0.2) is 0 Å². The minimum atomic E-state index is 0.294. The molecule has 0 aromatic heterocycles. The second-order valence-corrected chi connectivity index (χ2v) is 7.26. The van der Waals surface area contributed by atoms with Crippen molar-refractivity contribution in [2.24, 2.45) is 5.73 Å². The second kappa shape index (κ2) is 8.50. The lowest BCUT2D eigenvalue weighted by Crippen LogP contribution is -2.59. The fourth-order valence-corrected chi connectivity index (χ4v) is 4.64. The van der Waals surface area contributed by atoms with Crippen molar-refractivity contribution in [3.8, 4) is 0 Å². The molecule has 0 aromatic rings. The lowest BCUT2D eigenvalue weighted by Gasteiger charge is -2.50. The van der Waals surface area contributed by atoms with Gasteiger partial charge in [-0.25, -0.2) is 0 Å². The minimum Gasteiger partial charge on any atom is -0.329 e.